The van der Waals surface area contributed by atoms with Crippen molar-refractivity contribution in [1.82, 2.24) is 19.7 Å². The third-order valence-corrected chi connectivity index (χ3v) is 2.60. The molecule has 0 unspecified atom stereocenters. The lowest BCUT2D eigenvalue weighted by molar-refractivity contribution is 0.788. The van der Waals surface area contributed by atoms with Gasteiger partial charge >= 0.3 is 0 Å². The quantitative estimate of drug-likeness (QED) is 0.804. The topological polar surface area (TPSA) is 67.7 Å². The number of nitrogens with zero attached hydrogens (tertiary/aromatic N) is 4. The second kappa shape index (κ2) is 6.00. The molecule has 2 heterocycles. The molecule has 0 saturated heterocycles. The highest BCUT2D eigenvalue weighted by Crippen LogP contribution is 2.11. The highest BCUT2D eigenvalue weighted by Gasteiger charge is 2.00. The van der Waals surface area contributed by atoms with Gasteiger partial charge in [-0.25, -0.2) is 4.98 Å². The number of rotatable bonds is 6. The standard InChI is InChI=1S/C12H18N6/c1-3-13-11-8-10(4-6-15-11)14-7-5-12-17-16-9-18(12)2/h4,6,8-9H,3,5,7H2,1-2H3,(H2,13,14,15). The summed E-state index contributed by atoms with van der Waals surface area (Å²) in [6.07, 6.45) is 4.35. The largest absolute Gasteiger partial charge is 0.384 e. The van der Waals surface area contributed by atoms with Crippen LogP contribution in [0.25, 0.3) is 0 Å². The van der Waals surface area contributed by atoms with Gasteiger partial charge in [0.1, 0.15) is 18.0 Å². The molecule has 0 radical (unpaired) electrons. The molecule has 18 heavy (non-hydrogen) atoms. The molecule has 0 aliphatic heterocycles. The van der Waals surface area contributed by atoms with Crippen molar-refractivity contribution in [3.63, 3.8) is 0 Å². The maximum absolute atomic E-state index is 4.22. The number of hydrogen-bond donors (Lipinski definition) is 2. The van der Waals surface area contributed by atoms with Gasteiger partial charge in [0.25, 0.3) is 0 Å². The van der Waals surface area contributed by atoms with Gasteiger partial charge in [0, 0.05) is 44.5 Å². The number of aromatic nitrogens is 4. The molecule has 0 aliphatic rings. The summed E-state index contributed by atoms with van der Waals surface area (Å²) < 4.78 is 1.93. The van der Waals surface area contributed by atoms with E-state index >= 15 is 0 Å². The van der Waals surface area contributed by atoms with Crippen molar-refractivity contribution < 1.29 is 0 Å². The Morgan fingerprint density at radius 2 is 2.22 bits per heavy atom. The van der Waals surface area contributed by atoms with Crippen molar-refractivity contribution in [3.8, 4) is 0 Å². The summed E-state index contributed by atoms with van der Waals surface area (Å²) in [5.74, 6) is 1.87. The third kappa shape index (κ3) is 3.19. The monoisotopic (exact) mass is 246 g/mol. The summed E-state index contributed by atoms with van der Waals surface area (Å²) in [7, 11) is 1.95. The third-order valence-electron chi connectivity index (χ3n) is 2.60. The molecule has 0 spiro atoms. The molecule has 6 nitrogen and oxygen atoms in total. The lowest BCUT2D eigenvalue weighted by Crippen LogP contribution is -2.09. The molecule has 2 aromatic rings. The van der Waals surface area contributed by atoms with Gasteiger partial charge in [-0.2, -0.15) is 0 Å². The summed E-state index contributed by atoms with van der Waals surface area (Å²) >= 11 is 0. The predicted molar refractivity (Wildman–Crippen MR) is 71.6 cm³/mol. The van der Waals surface area contributed by atoms with E-state index in [-0.39, 0.29) is 0 Å². The first-order valence-electron chi connectivity index (χ1n) is 6.06. The molecule has 0 aromatic carbocycles. The van der Waals surface area contributed by atoms with Gasteiger partial charge in [0.05, 0.1) is 0 Å². The van der Waals surface area contributed by atoms with Crippen LogP contribution in [0.15, 0.2) is 24.7 Å². The van der Waals surface area contributed by atoms with Crippen molar-refractivity contribution in [3.05, 3.63) is 30.5 Å². The molecular formula is C12H18N6. The molecule has 0 amide bonds. The van der Waals surface area contributed by atoms with Crippen LogP contribution in [0.3, 0.4) is 0 Å². The van der Waals surface area contributed by atoms with Crippen LogP contribution in [0.4, 0.5) is 11.5 Å². The van der Waals surface area contributed by atoms with E-state index in [4.69, 9.17) is 0 Å². The molecule has 0 aliphatic carbocycles. The number of nitrogens with one attached hydrogen (secondary N) is 2. The summed E-state index contributed by atoms with van der Waals surface area (Å²) in [6.45, 7) is 3.74. The summed E-state index contributed by atoms with van der Waals surface area (Å²) in [6, 6.07) is 3.96. The SMILES string of the molecule is CCNc1cc(NCCc2nncn2C)ccn1. The molecule has 2 aromatic heterocycles. The highest BCUT2D eigenvalue weighted by molar-refractivity contribution is 5.51. The number of pyridine rings is 1. The summed E-state index contributed by atoms with van der Waals surface area (Å²) in [5, 5.41) is 14.4. The maximum Gasteiger partial charge on any atom is 0.134 e. The zero-order valence-electron chi connectivity index (χ0n) is 10.7. The van der Waals surface area contributed by atoms with Crippen molar-refractivity contribution in [2.75, 3.05) is 23.7 Å². The predicted octanol–water partition coefficient (Wildman–Crippen LogP) is 1.30. The number of hydrogen-bond acceptors (Lipinski definition) is 5. The lowest BCUT2D eigenvalue weighted by atomic mass is 10.3. The van der Waals surface area contributed by atoms with Crippen LogP contribution in [0, 0.1) is 0 Å². The van der Waals surface area contributed by atoms with Gasteiger partial charge in [0.15, 0.2) is 0 Å². The zero-order valence-corrected chi connectivity index (χ0v) is 10.7. The van der Waals surface area contributed by atoms with Crippen LogP contribution < -0.4 is 10.6 Å². The maximum atomic E-state index is 4.22. The fraction of sp³-hybridized carbons (Fsp3) is 0.417. The molecule has 0 atom stereocenters. The number of anilines is 2. The Labute approximate surface area is 106 Å². The van der Waals surface area contributed by atoms with Crippen LogP contribution in [-0.4, -0.2) is 32.8 Å². The van der Waals surface area contributed by atoms with E-state index in [1.807, 2.05) is 23.7 Å². The van der Waals surface area contributed by atoms with Crippen LogP contribution in [-0.2, 0) is 13.5 Å². The second-order valence-electron chi connectivity index (χ2n) is 3.99. The molecule has 2 rings (SSSR count). The molecule has 96 valence electrons. The van der Waals surface area contributed by atoms with Crippen molar-refractivity contribution in [2.45, 2.75) is 13.3 Å². The number of aryl methyl sites for hydroxylation is 1. The minimum atomic E-state index is 0.822. The Morgan fingerprint density at radius 1 is 1.33 bits per heavy atom. The Morgan fingerprint density at radius 3 is 2.94 bits per heavy atom. The average molecular weight is 246 g/mol. The van der Waals surface area contributed by atoms with E-state index in [0.717, 1.165) is 36.8 Å². The van der Waals surface area contributed by atoms with Crippen molar-refractivity contribution in [2.24, 2.45) is 7.05 Å². The first kappa shape index (κ1) is 12.3. The van der Waals surface area contributed by atoms with Crippen molar-refractivity contribution in [1.29, 1.82) is 0 Å². The second-order valence-corrected chi connectivity index (χ2v) is 3.99. The minimum absolute atomic E-state index is 0.822. The molecular weight excluding hydrogens is 228 g/mol. The minimum Gasteiger partial charge on any atom is -0.384 e. The van der Waals surface area contributed by atoms with Crippen LogP contribution >= 0.6 is 0 Å². The van der Waals surface area contributed by atoms with Gasteiger partial charge in [-0.15, -0.1) is 10.2 Å². The molecule has 2 N–H and O–H groups in total. The smallest absolute Gasteiger partial charge is 0.134 e. The first-order valence-corrected chi connectivity index (χ1v) is 6.06. The van der Waals surface area contributed by atoms with E-state index < -0.39 is 0 Å². The first-order chi connectivity index (χ1) is 8.79. The van der Waals surface area contributed by atoms with E-state index in [1.54, 1.807) is 12.5 Å². The van der Waals surface area contributed by atoms with E-state index in [2.05, 4.69) is 32.7 Å². The molecule has 6 heteroatoms. The van der Waals surface area contributed by atoms with Gasteiger partial charge < -0.3 is 15.2 Å². The van der Waals surface area contributed by atoms with Gasteiger partial charge in [-0.1, -0.05) is 0 Å². The Bertz CT molecular complexity index is 493. The Balaban J connectivity index is 1.86. The highest BCUT2D eigenvalue weighted by atomic mass is 15.2. The zero-order chi connectivity index (χ0) is 12.8. The van der Waals surface area contributed by atoms with E-state index in [9.17, 15) is 0 Å². The fourth-order valence-corrected chi connectivity index (χ4v) is 1.67. The van der Waals surface area contributed by atoms with Gasteiger partial charge in [-0.3, -0.25) is 0 Å². The van der Waals surface area contributed by atoms with Gasteiger partial charge in [-0.05, 0) is 13.0 Å². The molecule has 0 saturated carbocycles. The Kier molecular flexibility index (Phi) is 4.11. The van der Waals surface area contributed by atoms with Crippen molar-refractivity contribution >= 4 is 11.5 Å². The fourth-order valence-electron chi connectivity index (χ4n) is 1.67. The van der Waals surface area contributed by atoms with E-state index in [0.29, 0.717) is 0 Å². The van der Waals surface area contributed by atoms with Crippen LogP contribution in [0.2, 0.25) is 0 Å². The average Bonchev–Trinajstić information content (AvgIpc) is 2.76. The summed E-state index contributed by atoms with van der Waals surface area (Å²) in [4.78, 5) is 4.22. The van der Waals surface area contributed by atoms with Gasteiger partial charge in [0.2, 0.25) is 0 Å². The van der Waals surface area contributed by atoms with Crippen LogP contribution in [0.1, 0.15) is 12.7 Å². The lowest BCUT2D eigenvalue weighted by Gasteiger charge is -2.08. The van der Waals surface area contributed by atoms with Crippen LogP contribution in [0.5, 0.6) is 0 Å². The molecule has 0 fully saturated rings. The normalized spacial score (nSPS) is 10.3. The van der Waals surface area contributed by atoms with E-state index in [1.165, 1.54) is 0 Å². The Hall–Kier alpha value is -2.11. The summed E-state index contributed by atoms with van der Waals surface area (Å²) in [5.41, 5.74) is 1.06. The molecule has 0 bridgehead atoms.